The van der Waals surface area contributed by atoms with Crippen molar-refractivity contribution < 1.29 is 4.92 Å². The summed E-state index contributed by atoms with van der Waals surface area (Å²) in [5.41, 5.74) is 7.93. The summed E-state index contributed by atoms with van der Waals surface area (Å²) in [6.07, 6.45) is 6.24. The van der Waals surface area contributed by atoms with Gasteiger partial charge in [-0.15, -0.1) is 0 Å². The minimum absolute atomic E-state index is 0.0700. The zero-order chi connectivity index (χ0) is 15.0. The van der Waals surface area contributed by atoms with Gasteiger partial charge in [0.05, 0.1) is 17.0 Å². The number of nitrogens with two attached hydrogens (primary N) is 1. The number of hydrogen-bond acceptors (Lipinski definition) is 3. The number of rotatable bonds is 5. The fraction of sp³-hybridized carbons (Fsp3) is 0.333. The van der Waals surface area contributed by atoms with Gasteiger partial charge in [0.2, 0.25) is 0 Å². The van der Waals surface area contributed by atoms with E-state index in [0.29, 0.717) is 23.0 Å². The van der Waals surface area contributed by atoms with Gasteiger partial charge in [0.25, 0.3) is 5.69 Å². The molecule has 1 aliphatic carbocycles. The molecule has 2 N–H and O–H groups in total. The van der Waals surface area contributed by atoms with Gasteiger partial charge < -0.3 is 10.3 Å². The molecule has 1 unspecified atom stereocenters. The summed E-state index contributed by atoms with van der Waals surface area (Å²) in [7, 11) is 0. The molecule has 2 aromatic rings. The van der Waals surface area contributed by atoms with Crippen LogP contribution in [0.1, 0.15) is 30.0 Å². The van der Waals surface area contributed by atoms with E-state index in [-0.39, 0.29) is 16.7 Å². The van der Waals surface area contributed by atoms with Crippen LogP contribution >= 0.6 is 11.6 Å². The maximum atomic E-state index is 11.1. The lowest BCUT2D eigenvalue weighted by atomic mass is 10.1. The molecule has 1 heterocycles. The Labute approximate surface area is 127 Å². The lowest BCUT2D eigenvalue weighted by molar-refractivity contribution is -0.385. The van der Waals surface area contributed by atoms with Crippen molar-refractivity contribution in [1.29, 1.82) is 0 Å². The van der Waals surface area contributed by atoms with Crippen LogP contribution in [-0.2, 0) is 6.54 Å². The zero-order valence-electron chi connectivity index (χ0n) is 11.4. The Hall–Kier alpha value is -1.85. The van der Waals surface area contributed by atoms with Crippen LogP contribution in [0.5, 0.6) is 0 Å². The first-order valence-electron chi connectivity index (χ1n) is 6.88. The lowest BCUT2D eigenvalue weighted by Gasteiger charge is -2.08. The van der Waals surface area contributed by atoms with Crippen molar-refractivity contribution in [3.05, 3.63) is 62.9 Å². The first kappa shape index (κ1) is 14.1. The topological polar surface area (TPSA) is 74.1 Å². The standard InChI is InChI=1S/C15H16ClN3O2/c16-13-3-4-14(19(20)21)12(7-13)9-18-6-5-11(8-18)15(17)10-1-2-10/h3-8,10,15H,1-2,9,17H2. The van der Waals surface area contributed by atoms with Crippen molar-refractivity contribution in [1.82, 2.24) is 4.57 Å². The van der Waals surface area contributed by atoms with Crippen LogP contribution in [-0.4, -0.2) is 9.49 Å². The van der Waals surface area contributed by atoms with Gasteiger partial charge >= 0.3 is 0 Å². The number of aromatic nitrogens is 1. The predicted octanol–water partition coefficient (Wildman–Crippen LogP) is 3.51. The highest BCUT2D eigenvalue weighted by Gasteiger charge is 2.29. The summed E-state index contributed by atoms with van der Waals surface area (Å²) in [6.45, 7) is 0.411. The Morgan fingerprint density at radius 1 is 1.43 bits per heavy atom. The maximum Gasteiger partial charge on any atom is 0.274 e. The lowest BCUT2D eigenvalue weighted by Crippen LogP contribution is -2.11. The average molecular weight is 306 g/mol. The molecule has 3 rings (SSSR count). The molecule has 5 nitrogen and oxygen atoms in total. The van der Waals surface area contributed by atoms with Gasteiger partial charge in [-0.3, -0.25) is 10.1 Å². The van der Waals surface area contributed by atoms with E-state index in [1.54, 1.807) is 6.07 Å². The molecule has 1 saturated carbocycles. The number of halogens is 1. The summed E-state index contributed by atoms with van der Waals surface area (Å²) in [5.74, 6) is 0.585. The smallest absolute Gasteiger partial charge is 0.274 e. The summed E-state index contributed by atoms with van der Waals surface area (Å²) in [6, 6.07) is 6.67. The third-order valence-electron chi connectivity index (χ3n) is 3.88. The minimum atomic E-state index is -0.383. The second kappa shape index (κ2) is 5.50. The molecular formula is C15H16ClN3O2. The van der Waals surface area contributed by atoms with Crippen molar-refractivity contribution >= 4 is 17.3 Å². The van der Waals surface area contributed by atoms with E-state index in [4.69, 9.17) is 17.3 Å². The highest BCUT2D eigenvalue weighted by atomic mass is 35.5. The van der Waals surface area contributed by atoms with Crippen molar-refractivity contribution in [3.8, 4) is 0 Å². The Balaban J connectivity index is 1.83. The molecule has 1 aromatic heterocycles. The van der Waals surface area contributed by atoms with Gasteiger partial charge in [0.15, 0.2) is 0 Å². The molecule has 1 atom stereocenters. The number of nitro groups is 1. The second-order valence-corrected chi connectivity index (χ2v) is 5.95. The third-order valence-corrected chi connectivity index (χ3v) is 4.11. The van der Waals surface area contributed by atoms with Crippen LogP contribution in [0.25, 0.3) is 0 Å². The summed E-state index contributed by atoms with van der Waals surface area (Å²) in [5, 5.41) is 11.6. The van der Waals surface area contributed by atoms with E-state index in [9.17, 15) is 10.1 Å². The Kier molecular flexibility index (Phi) is 3.69. The fourth-order valence-corrected chi connectivity index (χ4v) is 2.73. The van der Waals surface area contributed by atoms with Gasteiger partial charge in [-0.25, -0.2) is 0 Å². The highest BCUT2D eigenvalue weighted by Crippen LogP contribution is 2.39. The second-order valence-electron chi connectivity index (χ2n) is 5.51. The molecule has 0 radical (unpaired) electrons. The molecule has 1 aliphatic rings. The fourth-order valence-electron chi connectivity index (χ4n) is 2.54. The van der Waals surface area contributed by atoms with Crippen molar-refractivity contribution in [3.63, 3.8) is 0 Å². The monoisotopic (exact) mass is 305 g/mol. The summed E-state index contributed by atoms with van der Waals surface area (Å²) < 4.78 is 1.91. The minimum Gasteiger partial charge on any atom is -0.349 e. The SMILES string of the molecule is NC(c1ccn(Cc2cc(Cl)ccc2[N+](=O)[O-])c1)C1CC1. The van der Waals surface area contributed by atoms with E-state index in [1.807, 2.05) is 23.0 Å². The number of benzene rings is 1. The van der Waals surface area contributed by atoms with Crippen molar-refractivity contribution in [2.24, 2.45) is 11.7 Å². The van der Waals surface area contributed by atoms with Gasteiger partial charge in [-0.1, -0.05) is 11.6 Å². The molecule has 0 aliphatic heterocycles. The molecule has 110 valence electrons. The maximum absolute atomic E-state index is 11.1. The zero-order valence-corrected chi connectivity index (χ0v) is 12.2. The van der Waals surface area contributed by atoms with Crippen molar-refractivity contribution in [2.75, 3.05) is 0 Å². The largest absolute Gasteiger partial charge is 0.349 e. The molecule has 6 heteroatoms. The highest BCUT2D eigenvalue weighted by molar-refractivity contribution is 6.30. The van der Waals surface area contributed by atoms with Crippen LogP contribution in [0, 0.1) is 16.0 Å². The van der Waals surface area contributed by atoms with Gasteiger partial charge in [-0.2, -0.15) is 0 Å². The molecule has 0 bridgehead atoms. The molecule has 1 fully saturated rings. The number of hydrogen-bond donors (Lipinski definition) is 1. The van der Waals surface area contributed by atoms with E-state index in [2.05, 4.69) is 0 Å². The Morgan fingerprint density at radius 3 is 2.86 bits per heavy atom. The van der Waals surface area contributed by atoms with Crippen LogP contribution in [0.4, 0.5) is 5.69 Å². The molecule has 0 saturated heterocycles. The molecule has 1 aromatic carbocycles. The molecule has 21 heavy (non-hydrogen) atoms. The Morgan fingerprint density at radius 2 is 2.19 bits per heavy atom. The first-order chi connectivity index (χ1) is 10.0. The molecule has 0 spiro atoms. The van der Waals surface area contributed by atoms with Crippen LogP contribution in [0.2, 0.25) is 5.02 Å². The third kappa shape index (κ3) is 3.09. The summed E-state index contributed by atoms with van der Waals surface area (Å²) in [4.78, 5) is 10.7. The Bertz CT molecular complexity index is 679. The first-order valence-corrected chi connectivity index (χ1v) is 7.26. The number of nitro benzene ring substituents is 1. The predicted molar refractivity (Wildman–Crippen MR) is 81.3 cm³/mol. The molecule has 0 amide bonds. The van der Waals surface area contributed by atoms with Crippen molar-refractivity contribution in [2.45, 2.75) is 25.4 Å². The van der Waals surface area contributed by atoms with E-state index in [0.717, 1.165) is 5.56 Å². The van der Waals surface area contributed by atoms with E-state index >= 15 is 0 Å². The van der Waals surface area contributed by atoms with Gasteiger partial charge in [0.1, 0.15) is 0 Å². The van der Waals surface area contributed by atoms with Crippen LogP contribution in [0.3, 0.4) is 0 Å². The average Bonchev–Trinajstić information content (AvgIpc) is 3.18. The van der Waals surface area contributed by atoms with Crippen LogP contribution < -0.4 is 5.73 Å². The van der Waals surface area contributed by atoms with E-state index in [1.165, 1.54) is 25.0 Å². The van der Waals surface area contributed by atoms with Gasteiger partial charge in [-0.05, 0) is 42.5 Å². The van der Waals surface area contributed by atoms with Gasteiger partial charge in [0, 0.05) is 29.5 Å². The number of nitrogens with zero attached hydrogens (tertiary/aromatic N) is 2. The van der Waals surface area contributed by atoms with E-state index < -0.39 is 0 Å². The van der Waals surface area contributed by atoms with Crippen LogP contribution in [0.15, 0.2) is 36.7 Å². The summed E-state index contributed by atoms with van der Waals surface area (Å²) >= 11 is 5.94. The molecular weight excluding hydrogens is 290 g/mol. The normalized spacial score (nSPS) is 15.9. The quantitative estimate of drug-likeness (QED) is 0.678.